The number of aromatic nitrogens is 2. The summed E-state index contributed by atoms with van der Waals surface area (Å²) >= 11 is 0. The highest BCUT2D eigenvalue weighted by Gasteiger charge is 2.15. The minimum absolute atomic E-state index is 0.662. The van der Waals surface area contributed by atoms with Crippen LogP contribution in [0.15, 0.2) is 12.1 Å². The molecule has 4 nitrogen and oxygen atoms in total. The van der Waals surface area contributed by atoms with Gasteiger partial charge in [0.25, 0.3) is 0 Å². The molecule has 2 rings (SSSR count). The third-order valence-corrected chi connectivity index (χ3v) is 3.12. The molecule has 0 spiro atoms. The van der Waals surface area contributed by atoms with Crippen molar-refractivity contribution in [3.8, 4) is 0 Å². The van der Waals surface area contributed by atoms with E-state index in [0.29, 0.717) is 5.92 Å². The third kappa shape index (κ3) is 3.40. The van der Waals surface area contributed by atoms with Gasteiger partial charge in [0.1, 0.15) is 0 Å². The van der Waals surface area contributed by atoms with Crippen molar-refractivity contribution >= 4 is 5.82 Å². The van der Waals surface area contributed by atoms with E-state index in [4.69, 9.17) is 0 Å². The van der Waals surface area contributed by atoms with Crippen molar-refractivity contribution in [2.24, 2.45) is 5.92 Å². The third-order valence-electron chi connectivity index (χ3n) is 3.12. The smallest absolute Gasteiger partial charge is 0.151 e. The van der Waals surface area contributed by atoms with Gasteiger partial charge in [-0.25, -0.2) is 0 Å². The number of nitrogens with zero attached hydrogens (tertiary/aromatic N) is 3. The normalized spacial score (nSPS) is 21.3. The van der Waals surface area contributed by atoms with Gasteiger partial charge < -0.3 is 10.2 Å². The Balaban J connectivity index is 2.04. The second-order valence-corrected chi connectivity index (χ2v) is 4.89. The van der Waals surface area contributed by atoms with Crippen molar-refractivity contribution in [3.63, 3.8) is 0 Å². The highest BCUT2D eigenvalue weighted by Crippen LogP contribution is 2.13. The zero-order valence-electron chi connectivity index (χ0n) is 10.8. The van der Waals surface area contributed by atoms with E-state index < -0.39 is 0 Å². The van der Waals surface area contributed by atoms with Crippen LogP contribution in [0.25, 0.3) is 0 Å². The van der Waals surface area contributed by atoms with E-state index in [0.717, 1.165) is 50.5 Å². The van der Waals surface area contributed by atoms with Crippen LogP contribution >= 0.6 is 0 Å². The van der Waals surface area contributed by atoms with Crippen LogP contribution in [-0.2, 0) is 6.42 Å². The summed E-state index contributed by atoms with van der Waals surface area (Å²) in [5.41, 5.74) is 1.09. The lowest BCUT2D eigenvalue weighted by atomic mass is 10.2. The molecule has 1 atom stereocenters. The van der Waals surface area contributed by atoms with Gasteiger partial charge in [-0.2, -0.15) is 5.10 Å². The molecule has 1 aromatic rings. The highest BCUT2D eigenvalue weighted by atomic mass is 15.3. The predicted octanol–water partition coefficient (Wildman–Crippen LogP) is 1.47. The molecule has 1 saturated heterocycles. The molecule has 17 heavy (non-hydrogen) atoms. The Bertz CT molecular complexity index is 336. The quantitative estimate of drug-likeness (QED) is 0.860. The van der Waals surface area contributed by atoms with Crippen molar-refractivity contribution in [1.82, 2.24) is 15.5 Å². The molecule has 1 aromatic heterocycles. The predicted molar refractivity (Wildman–Crippen MR) is 70.3 cm³/mol. The number of hydrogen-bond donors (Lipinski definition) is 1. The maximum Gasteiger partial charge on any atom is 0.151 e. The Labute approximate surface area is 103 Å². The van der Waals surface area contributed by atoms with Gasteiger partial charge in [0, 0.05) is 19.6 Å². The molecule has 0 radical (unpaired) electrons. The molecule has 1 fully saturated rings. The van der Waals surface area contributed by atoms with Gasteiger partial charge in [-0.3, -0.25) is 0 Å². The van der Waals surface area contributed by atoms with Crippen LogP contribution in [0, 0.1) is 5.92 Å². The summed E-state index contributed by atoms with van der Waals surface area (Å²) in [5.74, 6) is 1.68. The fourth-order valence-corrected chi connectivity index (χ4v) is 2.21. The molecule has 2 heterocycles. The van der Waals surface area contributed by atoms with Crippen LogP contribution in [0.1, 0.15) is 26.0 Å². The van der Waals surface area contributed by atoms with E-state index in [1.807, 2.05) is 0 Å². The number of rotatable bonds is 3. The molecule has 1 aliphatic heterocycles. The first-order valence-electron chi connectivity index (χ1n) is 6.58. The van der Waals surface area contributed by atoms with Crippen LogP contribution in [0.3, 0.4) is 0 Å². The molecular formula is C13H22N4. The molecule has 1 unspecified atom stereocenters. The molecule has 1 aliphatic rings. The summed E-state index contributed by atoms with van der Waals surface area (Å²) < 4.78 is 0. The summed E-state index contributed by atoms with van der Waals surface area (Å²) in [6.07, 6.45) is 2.14. The van der Waals surface area contributed by atoms with Gasteiger partial charge in [0.05, 0.1) is 5.69 Å². The Kier molecular flexibility index (Phi) is 4.31. The second kappa shape index (κ2) is 5.96. The number of nitrogens with one attached hydrogen (secondary N) is 1. The zero-order chi connectivity index (χ0) is 12.1. The molecular weight excluding hydrogens is 212 g/mol. The minimum atomic E-state index is 0.662. The molecule has 0 saturated carbocycles. The highest BCUT2D eigenvalue weighted by molar-refractivity contribution is 5.37. The van der Waals surface area contributed by atoms with Crippen LogP contribution in [0.5, 0.6) is 0 Å². The molecule has 1 N–H and O–H groups in total. The Morgan fingerprint density at radius 3 is 3.00 bits per heavy atom. The Morgan fingerprint density at radius 2 is 2.29 bits per heavy atom. The van der Waals surface area contributed by atoms with Gasteiger partial charge in [-0.05, 0) is 31.0 Å². The van der Waals surface area contributed by atoms with Gasteiger partial charge in [-0.15, -0.1) is 5.10 Å². The topological polar surface area (TPSA) is 41.0 Å². The van der Waals surface area contributed by atoms with Gasteiger partial charge in [-0.1, -0.05) is 20.3 Å². The van der Waals surface area contributed by atoms with E-state index in [2.05, 4.69) is 46.4 Å². The largest absolute Gasteiger partial charge is 0.354 e. The van der Waals surface area contributed by atoms with Crippen molar-refractivity contribution < 1.29 is 0 Å². The first-order chi connectivity index (χ1) is 8.29. The van der Waals surface area contributed by atoms with Gasteiger partial charge in [0.2, 0.25) is 0 Å². The summed E-state index contributed by atoms with van der Waals surface area (Å²) in [6, 6.07) is 4.21. The average molecular weight is 234 g/mol. The SMILES string of the molecule is CCCc1ccc(N2CCNCC(C)C2)nn1. The first kappa shape index (κ1) is 12.3. The standard InChI is InChI=1S/C13H22N4/c1-3-4-12-5-6-13(16-15-12)17-8-7-14-9-11(2)10-17/h5-6,11,14H,3-4,7-10H2,1-2H3. The van der Waals surface area contributed by atoms with Crippen molar-refractivity contribution in [3.05, 3.63) is 17.8 Å². The number of hydrogen-bond acceptors (Lipinski definition) is 4. The Hall–Kier alpha value is -1.16. The first-order valence-corrected chi connectivity index (χ1v) is 6.58. The van der Waals surface area contributed by atoms with Crippen LogP contribution in [0.2, 0.25) is 0 Å². The van der Waals surface area contributed by atoms with E-state index in [-0.39, 0.29) is 0 Å². The molecule has 0 amide bonds. The van der Waals surface area contributed by atoms with Crippen LogP contribution < -0.4 is 10.2 Å². The summed E-state index contributed by atoms with van der Waals surface area (Å²) in [7, 11) is 0. The zero-order valence-corrected chi connectivity index (χ0v) is 10.8. The van der Waals surface area contributed by atoms with Crippen molar-refractivity contribution in [1.29, 1.82) is 0 Å². The van der Waals surface area contributed by atoms with E-state index in [1.54, 1.807) is 0 Å². The van der Waals surface area contributed by atoms with Crippen LogP contribution in [-0.4, -0.2) is 36.4 Å². The number of aryl methyl sites for hydroxylation is 1. The summed E-state index contributed by atoms with van der Waals surface area (Å²) in [5, 5.41) is 12.1. The fraction of sp³-hybridized carbons (Fsp3) is 0.692. The second-order valence-electron chi connectivity index (χ2n) is 4.89. The van der Waals surface area contributed by atoms with Crippen LogP contribution in [0.4, 0.5) is 5.82 Å². The minimum Gasteiger partial charge on any atom is -0.354 e. The fourth-order valence-electron chi connectivity index (χ4n) is 2.21. The average Bonchev–Trinajstić information content (AvgIpc) is 2.55. The lowest BCUT2D eigenvalue weighted by Gasteiger charge is -2.22. The number of anilines is 1. The van der Waals surface area contributed by atoms with E-state index in [1.165, 1.54) is 0 Å². The monoisotopic (exact) mass is 234 g/mol. The van der Waals surface area contributed by atoms with E-state index >= 15 is 0 Å². The lowest BCUT2D eigenvalue weighted by molar-refractivity contribution is 0.562. The van der Waals surface area contributed by atoms with E-state index in [9.17, 15) is 0 Å². The molecule has 0 aromatic carbocycles. The molecule has 0 aliphatic carbocycles. The maximum absolute atomic E-state index is 4.35. The molecule has 4 heteroatoms. The van der Waals surface area contributed by atoms with Crippen molar-refractivity contribution in [2.75, 3.05) is 31.1 Å². The Morgan fingerprint density at radius 1 is 1.41 bits per heavy atom. The maximum atomic E-state index is 4.35. The lowest BCUT2D eigenvalue weighted by Crippen LogP contribution is -2.30. The van der Waals surface area contributed by atoms with Gasteiger partial charge in [0.15, 0.2) is 5.82 Å². The van der Waals surface area contributed by atoms with Gasteiger partial charge >= 0.3 is 0 Å². The van der Waals surface area contributed by atoms with Crippen molar-refractivity contribution in [2.45, 2.75) is 26.7 Å². The summed E-state index contributed by atoms with van der Waals surface area (Å²) in [4.78, 5) is 2.33. The molecule has 94 valence electrons. The summed E-state index contributed by atoms with van der Waals surface area (Å²) in [6.45, 7) is 8.64. The molecule has 0 bridgehead atoms.